The molecule has 0 atom stereocenters. The lowest BCUT2D eigenvalue weighted by Gasteiger charge is -2.29. The highest BCUT2D eigenvalue weighted by atomic mass is 16.5. The van der Waals surface area contributed by atoms with E-state index in [4.69, 9.17) is 14.2 Å². The molecule has 0 spiro atoms. The standard InChI is InChI=1S/C24H31N3O5/c1-15(2)13-27-18-11-16(7-9-19(18)32-14-24(3,4)22(27)28)25-23(29)26-17-8-10-20(30-5)21(12-17)31-6/h7-12,15H,13-14H2,1-6H3,(H2,25,26,29). The topological polar surface area (TPSA) is 89.1 Å². The van der Waals surface area contributed by atoms with Crippen LogP contribution in [-0.2, 0) is 4.79 Å². The Hall–Kier alpha value is -3.42. The van der Waals surface area contributed by atoms with Crippen molar-refractivity contribution in [1.82, 2.24) is 0 Å². The molecule has 3 amide bonds. The third-order valence-electron chi connectivity index (χ3n) is 5.11. The molecule has 0 fully saturated rings. The van der Waals surface area contributed by atoms with E-state index in [0.29, 0.717) is 47.5 Å². The Morgan fingerprint density at radius 1 is 1.06 bits per heavy atom. The largest absolute Gasteiger partial charge is 0.493 e. The van der Waals surface area contributed by atoms with Gasteiger partial charge in [-0.1, -0.05) is 13.8 Å². The molecule has 1 heterocycles. The van der Waals surface area contributed by atoms with Gasteiger partial charge in [-0.3, -0.25) is 4.79 Å². The van der Waals surface area contributed by atoms with Gasteiger partial charge in [0.05, 0.1) is 25.3 Å². The number of urea groups is 1. The molecular formula is C24H31N3O5. The van der Waals surface area contributed by atoms with Crippen LogP contribution in [0.15, 0.2) is 36.4 Å². The van der Waals surface area contributed by atoms with Gasteiger partial charge in [-0.2, -0.15) is 0 Å². The highest BCUT2D eigenvalue weighted by Crippen LogP contribution is 2.38. The van der Waals surface area contributed by atoms with Crippen LogP contribution in [0.3, 0.4) is 0 Å². The molecule has 0 aliphatic carbocycles. The number of hydrogen-bond donors (Lipinski definition) is 2. The number of methoxy groups -OCH3 is 2. The van der Waals surface area contributed by atoms with Crippen molar-refractivity contribution in [2.24, 2.45) is 11.3 Å². The van der Waals surface area contributed by atoms with Crippen molar-refractivity contribution in [2.75, 3.05) is 42.9 Å². The maximum atomic E-state index is 13.2. The Kier molecular flexibility index (Phi) is 6.81. The fourth-order valence-corrected chi connectivity index (χ4v) is 3.48. The van der Waals surface area contributed by atoms with Crippen molar-refractivity contribution in [1.29, 1.82) is 0 Å². The predicted molar refractivity (Wildman–Crippen MR) is 125 cm³/mol. The second-order valence-corrected chi connectivity index (χ2v) is 8.81. The quantitative estimate of drug-likeness (QED) is 0.675. The molecule has 0 saturated heterocycles. The molecule has 0 saturated carbocycles. The Labute approximate surface area is 188 Å². The predicted octanol–water partition coefficient (Wildman–Crippen LogP) is 4.76. The van der Waals surface area contributed by atoms with E-state index < -0.39 is 11.4 Å². The summed E-state index contributed by atoms with van der Waals surface area (Å²) in [4.78, 5) is 27.5. The Morgan fingerprint density at radius 3 is 2.31 bits per heavy atom. The van der Waals surface area contributed by atoms with Gasteiger partial charge in [0.15, 0.2) is 11.5 Å². The lowest BCUT2D eigenvalue weighted by Crippen LogP contribution is -2.43. The van der Waals surface area contributed by atoms with Crippen LogP contribution in [0, 0.1) is 11.3 Å². The summed E-state index contributed by atoms with van der Waals surface area (Å²) in [7, 11) is 3.08. The van der Waals surface area contributed by atoms with Gasteiger partial charge in [0.1, 0.15) is 12.4 Å². The van der Waals surface area contributed by atoms with E-state index in [-0.39, 0.29) is 11.8 Å². The summed E-state index contributed by atoms with van der Waals surface area (Å²) in [6.45, 7) is 8.73. The molecule has 0 unspecified atom stereocenters. The number of nitrogens with zero attached hydrogens (tertiary/aromatic N) is 1. The Bertz CT molecular complexity index is 1000. The van der Waals surface area contributed by atoms with E-state index in [9.17, 15) is 9.59 Å². The molecule has 1 aliphatic heterocycles. The van der Waals surface area contributed by atoms with E-state index >= 15 is 0 Å². The third-order valence-corrected chi connectivity index (χ3v) is 5.11. The smallest absolute Gasteiger partial charge is 0.323 e. The molecule has 0 bridgehead atoms. The van der Waals surface area contributed by atoms with Gasteiger partial charge < -0.3 is 29.7 Å². The Balaban J connectivity index is 1.82. The summed E-state index contributed by atoms with van der Waals surface area (Å²) in [6, 6.07) is 9.99. The number of hydrogen-bond acceptors (Lipinski definition) is 5. The summed E-state index contributed by atoms with van der Waals surface area (Å²) in [5.41, 5.74) is 1.10. The van der Waals surface area contributed by atoms with Crippen LogP contribution in [-0.4, -0.2) is 39.3 Å². The van der Waals surface area contributed by atoms with Crippen LogP contribution in [0.1, 0.15) is 27.7 Å². The molecule has 0 aromatic heterocycles. The molecule has 8 heteroatoms. The monoisotopic (exact) mass is 441 g/mol. The van der Waals surface area contributed by atoms with Crippen LogP contribution in [0.4, 0.5) is 21.9 Å². The molecule has 0 radical (unpaired) electrons. The number of benzene rings is 2. The lowest BCUT2D eigenvalue weighted by molar-refractivity contribution is -0.127. The first-order valence-electron chi connectivity index (χ1n) is 10.5. The minimum Gasteiger partial charge on any atom is -0.493 e. The zero-order valence-electron chi connectivity index (χ0n) is 19.4. The van der Waals surface area contributed by atoms with Crippen LogP contribution in [0.25, 0.3) is 0 Å². The number of nitrogens with one attached hydrogen (secondary N) is 2. The van der Waals surface area contributed by atoms with Gasteiger partial charge in [0.25, 0.3) is 0 Å². The van der Waals surface area contributed by atoms with Crippen molar-refractivity contribution in [2.45, 2.75) is 27.7 Å². The highest BCUT2D eigenvalue weighted by Gasteiger charge is 2.38. The summed E-state index contributed by atoms with van der Waals surface area (Å²) >= 11 is 0. The number of rotatable bonds is 6. The minimum absolute atomic E-state index is 0.00289. The zero-order valence-corrected chi connectivity index (χ0v) is 19.4. The van der Waals surface area contributed by atoms with Crippen LogP contribution in [0.2, 0.25) is 0 Å². The first kappa shape index (κ1) is 23.2. The Morgan fingerprint density at radius 2 is 1.69 bits per heavy atom. The number of ether oxygens (including phenoxy) is 3. The van der Waals surface area contributed by atoms with Crippen LogP contribution in [0.5, 0.6) is 17.2 Å². The number of amides is 3. The van der Waals surface area contributed by atoms with Gasteiger partial charge >= 0.3 is 6.03 Å². The molecule has 2 N–H and O–H groups in total. The second-order valence-electron chi connectivity index (χ2n) is 8.81. The van der Waals surface area contributed by atoms with E-state index in [0.717, 1.165) is 0 Å². The summed E-state index contributed by atoms with van der Waals surface area (Å²) in [5.74, 6) is 1.97. The highest BCUT2D eigenvalue weighted by molar-refractivity contribution is 6.02. The van der Waals surface area contributed by atoms with E-state index in [1.54, 1.807) is 48.4 Å². The number of carbonyl (C=O) groups excluding carboxylic acids is 2. The maximum Gasteiger partial charge on any atom is 0.323 e. The number of carbonyl (C=O) groups is 2. The average Bonchev–Trinajstić information content (AvgIpc) is 2.83. The van der Waals surface area contributed by atoms with Crippen LogP contribution >= 0.6 is 0 Å². The molecule has 3 rings (SSSR count). The fourth-order valence-electron chi connectivity index (χ4n) is 3.48. The number of anilines is 3. The third kappa shape index (κ3) is 5.07. The second kappa shape index (κ2) is 9.38. The van der Waals surface area contributed by atoms with Crippen molar-refractivity contribution >= 4 is 29.0 Å². The van der Waals surface area contributed by atoms with Crippen molar-refractivity contribution in [3.63, 3.8) is 0 Å². The van der Waals surface area contributed by atoms with E-state index in [2.05, 4.69) is 24.5 Å². The zero-order chi connectivity index (χ0) is 23.5. The normalized spacial score (nSPS) is 14.8. The van der Waals surface area contributed by atoms with Gasteiger partial charge in [-0.15, -0.1) is 0 Å². The van der Waals surface area contributed by atoms with Crippen LogP contribution < -0.4 is 29.7 Å². The van der Waals surface area contributed by atoms with Gasteiger partial charge in [0, 0.05) is 24.0 Å². The molecule has 1 aliphatic rings. The summed E-state index contributed by atoms with van der Waals surface area (Å²) < 4.78 is 16.4. The van der Waals surface area contributed by atoms with E-state index in [1.807, 2.05) is 13.8 Å². The summed E-state index contributed by atoms with van der Waals surface area (Å²) in [5, 5.41) is 5.60. The maximum absolute atomic E-state index is 13.2. The molecule has 2 aromatic carbocycles. The fraction of sp³-hybridized carbons (Fsp3) is 0.417. The number of fused-ring (bicyclic) bond motifs is 1. The van der Waals surface area contributed by atoms with Gasteiger partial charge in [-0.05, 0) is 50.1 Å². The first-order valence-corrected chi connectivity index (χ1v) is 10.5. The minimum atomic E-state index is -0.647. The molecule has 2 aromatic rings. The lowest BCUT2D eigenvalue weighted by atomic mass is 9.92. The summed E-state index contributed by atoms with van der Waals surface area (Å²) in [6.07, 6.45) is 0. The van der Waals surface area contributed by atoms with Crippen molar-refractivity contribution in [3.05, 3.63) is 36.4 Å². The van der Waals surface area contributed by atoms with Gasteiger partial charge in [-0.25, -0.2) is 4.79 Å². The molecule has 8 nitrogen and oxygen atoms in total. The van der Waals surface area contributed by atoms with Crippen molar-refractivity contribution in [3.8, 4) is 17.2 Å². The van der Waals surface area contributed by atoms with E-state index in [1.165, 1.54) is 7.11 Å². The molecular weight excluding hydrogens is 410 g/mol. The van der Waals surface area contributed by atoms with Gasteiger partial charge in [0.2, 0.25) is 5.91 Å². The first-order chi connectivity index (χ1) is 15.1. The SMILES string of the molecule is COc1ccc(NC(=O)Nc2ccc3c(c2)N(CC(C)C)C(=O)C(C)(C)CO3)cc1OC. The van der Waals surface area contributed by atoms with Crippen molar-refractivity contribution < 1.29 is 23.8 Å². The molecule has 32 heavy (non-hydrogen) atoms. The molecule has 172 valence electrons. The average molecular weight is 442 g/mol.